The number of fused-ring (bicyclic) bond motifs is 1. The normalized spacial score (nSPS) is 14.8. The third-order valence-electron chi connectivity index (χ3n) is 7.01. The van der Waals surface area contributed by atoms with E-state index in [1.807, 2.05) is 53.4 Å². The monoisotopic (exact) mass is 580 g/mol. The maximum Gasteiger partial charge on any atom is 0.490 e. The van der Waals surface area contributed by atoms with Gasteiger partial charge in [0.25, 0.3) is 11.5 Å². The second-order valence-corrected chi connectivity index (χ2v) is 10.1. The number of carbonyl (C=O) groups is 2. The van der Waals surface area contributed by atoms with Crippen LogP contribution in [0.15, 0.2) is 59.5 Å². The van der Waals surface area contributed by atoms with E-state index in [1.165, 1.54) is 0 Å². The first-order valence-corrected chi connectivity index (χ1v) is 13.3. The molecule has 0 spiro atoms. The zero-order chi connectivity index (χ0) is 30.0. The Balaban J connectivity index is 0.000000451. The first-order chi connectivity index (χ1) is 20.0. The zero-order valence-corrected chi connectivity index (χ0v) is 22.6. The standard InChI is InChI=1S/C27H26N6O2.C2HF3O2/c1-32-24(17-7-8-17)30-23-10-9-18(16-21(23)26(32)35)22-11-12-28-27(31-22)29-20-6-4-5-19(15-20)25(34)33-13-2-3-14-33;3-2(4,5)1(6)7/h4-6,9-12,15-17H,2-3,7-8,13-14H2,1H3,(H,28,29,31);(H,6,7). The molecule has 2 fully saturated rings. The number of hydrogen-bond acceptors (Lipinski definition) is 7. The van der Waals surface area contributed by atoms with Gasteiger partial charge in [-0.1, -0.05) is 12.1 Å². The van der Waals surface area contributed by atoms with Crippen molar-refractivity contribution in [2.24, 2.45) is 7.05 Å². The van der Waals surface area contributed by atoms with E-state index in [2.05, 4.69) is 15.3 Å². The molecule has 1 aliphatic heterocycles. The predicted octanol–water partition coefficient (Wildman–Crippen LogP) is 4.88. The van der Waals surface area contributed by atoms with Crippen molar-refractivity contribution in [2.45, 2.75) is 37.8 Å². The molecular formula is C29H27F3N6O4. The van der Waals surface area contributed by atoms with Crippen molar-refractivity contribution in [1.82, 2.24) is 24.4 Å². The zero-order valence-electron chi connectivity index (χ0n) is 22.6. The summed E-state index contributed by atoms with van der Waals surface area (Å²) in [5, 5.41) is 10.9. The van der Waals surface area contributed by atoms with E-state index in [0.29, 0.717) is 34.0 Å². The molecule has 2 aromatic carbocycles. The van der Waals surface area contributed by atoms with Gasteiger partial charge in [-0.3, -0.25) is 14.2 Å². The van der Waals surface area contributed by atoms with Gasteiger partial charge in [0.05, 0.1) is 16.6 Å². The van der Waals surface area contributed by atoms with Crippen molar-refractivity contribution in [3.05, 3.63) is 76.5 Å². The van der Waals surface area contributed by atoms with Gasteiger partial charge in [-0.15, -0.1) is 0 Å². The predicted molar refractivity (Wildman–Crippen MR) is 149 cm³/mol. The molecular weight excluding hydrogens is 553 g/mol. The molecule has 1 amide bonds. The molecule has 1 saturated carbocycles. The Bertz CT molecular complexity index is 1710. The van der Waals surface area contributed by atoms with Crippen LogP contribution in [0.5, 0.6) is 0 Å². The van der Waals surface area contributed by atoms with Gasteiger partial charge in [0.2, 0.25) is 5.95 Å². The van der Waals surface area contributed by atoms with Gasteiger partial charge >= 0.3 is 12.1 Å². The van der Waals surface area contributed by atoms with E-state index < -0.39 is 12.1 Å². The SMILES string of the molecule is Cn1c(C2CC2)nc2ccc(-c3ccnc(Nc4cccc(C(=O)N5CCCC5)c4)n3)cc2c1=O.O=C(O)C(F)(F)F. The summed E-state index contributed by atoms with van der Waals surface area (Å²) >= 11 is 0. The van der Waals surface area contributed by atoms with Crippen molar-refractivity contribution < 1.29 is 27.9 Å². The highest BCUT2D eigenvalue weighted by molar-refractivity contribution is 5.95. The number of likely N-dealkylation sites (tertiary alicyclic amines) is 1. The number of nitrogens with one attached hydrogen (secondary N) is 1. The number of alkyl halides is 3. The Morgan fingerprint density at radius 3 is 2.40 bits per heavy atom. The summed E-state index contributed by atoms with van der Waals surface area (Å²) < 4.78 is 33.4. The van der Waals surface area contributed by atoms with E-state index in [0.717, 1.165) is 55.8 Å². The molecule has 0 bridgehead atoms. The summed E-state index contributed by atoms with van der Waals surface area (Å²) in [5.74, 6) is -1.02. The topological polar surface area (TPSA) is 130 Å². The fourth-order valence-electron chi connectivity index (χ4n) is 4.70. The van der Waals surface area contributed by atoms with Crippen molar-refractivity contribution >= 4 is 34.4 Å². The van der Waals surface area contributed by atoms with Crippen LogP contribution in [0, 0.1) is 0 Å². The lowest BCUT2D eigenvalue weighted by atomic mass is 10.1. The maximum absolute atomic E-state index is 13.0. The lowest BCUT2D eigenvalue weighted by Crippen LogP contribution is -2.27. The molecule has 2 aromatic heterocycles. The van der Waals surface area contributed by atoms with Crippen LogP contribution in [0.1, 0.15) is 47.8 Å². The van der Waals surface area contributed by atoms with Gasteiger partial charge in [-0.2, -0.15) is 13.2 Å². The van der Waals surface area contributed by atoms with E-state index in [-0.39, 0.29) is 11.5 Å². The van der Waals surface area contributed by atoms with Gasteiger partial charge in [0.15, 0.2) is 0 Å². The van der Waals surface area contributed by atoms with Crippen molar-refractivity contribution in [2.75, 3.05) is 18.4 Å². The summed E-state index contributed by atoms with van der Waals surface area (Å²) in [4.78, 5) is 50.3. The van der Waals surface area contributed by atoms with Crippen molar-refractivity contribution in [1.29, 1.82) is 0 Å². The number of hydrogen-bond donors (Lipinski definition) is 2. The molecule has 218 valence electrons. The number of carboxylic acid groups (broad SMARTS) is 1. The molecule has 42 heavy (non-hydrogen) atoms. The summed E-state index contributed by atoms with van der Waals surface area (Å²) in [5.41, 5.74) is 3.59. The summed E-state index contributed by atoms with van der Waals surface area (Å²) in [7, 11) is 1.80. The lowest BCUT2D eigenvalue weighted by molar-refractivity contribution is -0.192. The van der Waals surface area contributed by atoms with E-state index in [4.69, 9.17) is 14.9 Å². The highest BCUT2D eigenvalue weighted by Crippen LogP contribution is 2.38. The number of aromatic nitrogens is 4. The molecule has 1 aliphatic carbocycles. The fourth-order valence-corrected chi connectivity index (χ4v) is 4.70. The first-order valence-electron chi connectivity index (χ1n) is 13.3. The molecule has 0 radical (unpaired) electrons. The second kappa shape index (κ2) is 11.6. The molecule has 1 saturated heterocycles. The van der Waals surface area contributed by atoms with Crippen molar-refractivity contribution in [3.63, 3.8) is 0 Å². The van der Waals surface area contributed by atoms with Crippen LogP contribution in [0.2, 0.25) is 0 Å². The van der Waals surface area contributed by atoms with E-state index >= 15 is 0 Å². The number of carbonyl (C=O) groups excluding carboxylic acids is 1. The average Bonchev–Trinajstić information content (AvgIpc) is 3.67. The van der Waals surface area contributed by atoms with Gasteiger partial charge in [-0.25, -0.2) is 19.7 Å². The molecule has 0 atom stereocenters. The molecule has 2 N–H and O–H groups in total. The van der Waals surface area contributed by atoms with Crippen LogP contribution in [-0.2, 0) is 11.8 Å². The van der Waals surface area contributed by atoms with Gasteiger partial charge in [-0.05, 0) is 62.1 Å². The third-order valence-corrected chi connectivity index (χ3v) is 7.01. The number of nitrogens with zero attached hydrogens (tertiary/aromatic N) is 5. The highest BCUT2D eigenvalue weighted by Gasteiger charge is 2.38. The quantitative estimate of drug-likeness (QED) is 0.342. The Hall–Kier alpha value is -4.81. The highest BCUT2D eigenvalue weighted by atomic mass is 19.4. The first kappa shape index (κ1) is 28.7. The Morgan fingerprint density at radius 2 is 1.74 bits per heavy atom. The minimum absolute atomic E-state index is 0.0364. The minimum Gasteiger partial charge on any atom is -0.475 e. The van der Waals surface area contributed by atoms with Gasteiger partial charge in [0, 0.05) is 49.1 Å². The summed E-state index contributed by atoms with van der Waals surface area (Å²) in [6.07, 6.45) is 0.901. The smallest absolute Gasteiger partial charge is 0.475 e. The number of halogens is 3. The molecule has 0 unspecified atom stereocenters. The molecule has 6 rings (SSSR count). The lowest BCUT2D eigenvalue weighted by Gasteiger charge is -2.16. The average molecular weight is 581 g/mol. The van der Waals surface area contributed by atoms with E-state index in [1.54, 1.807) is 17.8 Å². The number of amides is 1. The fraction of sp³-hybridized carbons (Fsp3) is 0.310. The number of anilines is 2. The second-order valence-electron chi connectivity index (χ2n) is 10.1. The van der Waals surface area contributed by atoms with Crippen LogP contribution in [0.25, 0.3) is 22.2 Å². The van der Waals surface area contributed by atoms with Crippen molar-refractivity contribution in [3.8, 4) is 11.3 Å². The summed E-state index contributed by atoms with van der Waals surface area (Å²) in [6.45, 7) is 1.63. The van der Waals surface area contributed by atoms with Crippen LogP contribution in [0.4, 0.5) is 24.8 Å². The Labute approximate surface area is 237 Å². The number of benzene rings is 2. The Morgan fingerprint density at radius 1 is 1.02 bits per heavy atom. The number of aliphatic carboxylic acids is 1. The Kier molecular flexibility index (Phi) is 7.92. The number of rotatable bonds is 5. The van der Waals surface area contributed by atoms with Crippen LogP contribution in [0.3, 0.4) is 0 Å². The summed E-state index contributed by atoms with van der Waals surface area (Å²) in [6, 6.07) is 14.9. The van der Waals surface area contributed by atoms with E-state index in [9.17, 15) is 22.8 Å². The molecule has 4 aromatic rings. The third kappa shape index (κ3) is 6.40. The van der Waals surface area contributed by atoms with Crippen LogP contribution < -0.4 is 10.9 Å². The molecule has 2 aliphatic rings. The molecule has 10 nitrogen and oxygen atoms in total. The van der Waals surface area contributed by atoms with Crippen LogP contribution in [-0.4, -0.2) is 60.7 Å². The maximum atomic E-state index is 13.0. The number of carboxylic acids is 1. The van der Waals surface area contributed by atoms with Crippen LogP contribution >= 0.6 is 0 Å². The molecule has 13 heteroatoms. The van der Waals surface area contributed by atoms with Gasteiger partial charge in [0.1, 0.15) is 5.82 Å². The molecule has 3 heterocycles. The van der Waals surface area contributed by atoms with Gasteiger partial charge < -0.3 is 15.3 Å². The minimum atomic E-state index is -5.08. The largest absolute Gasteiger partial charge is 0.490 e.